The van der Waals surface area contributed by atoms with Crippen LogP contribution in [0.2, 0.25) is 0 Å². The number of hydrogen-bond donors (Lipinski definition) is 0. The van der Waals surface area contributed by atoms with Gasteiger partial charge in [0.25, 0.3) is 0 Å². The predicted octanol–water partition coefficient (Wildman–Crippen LogP) is 4.86. The molecule has 1 heteroatoms. The Morgan fingerprint density at radius 1 is 0.882 bits per heavy atom. The third-order valence-electron chi connectivity index (χ3n) is 2.86. The molecule has 0 saturated carbocycles. The van der Waals surface area contributed by atoms with Crippen LogP contribution in [-0.2, 0) is 6.42 Å². The first-order valence-corrected chi connectivity index (χ1v) is 5.79. The molecule has 86 valence electrons. The first-order valence-electron chi connectivity index (χ1n) is 5.79. The highest BCUT2D eigenvalue weighted by Gasteiger charge is 1.97. The van der Waals surface area contributed by atoms with Gasteiger partial charge in [-0.15, -0.1) is 0 Å². The van der Waals surface area contributed by atoms with Crippen LogP contribution in [0.15, 0.2) is 54.9 Å². The molecule has 0 atom stereocenters. The van der Waals surface area contributed by atoms with Crippen molar-refractivity contribution < 1.29 is 4.39 Å². The topological polar surface area (TPSA) is 0 Å². The number of rotatable bonds is 3. The SMILES string of the molecule is CCc1ccc(-c2ccc(/C=C/F)cc2)cc1. The third-order valence-corrected chi connectivity index (χ3v) is 2.86. The van der Waals surface area contributed by atoms with Gasteiger partial charge in [0, 0.05) is 0 Å². The minimum Gasteiger partial charge on any atom is -0.216 e. The second-order valence-electron chi connectivity index (χ2n) is 3.97. The van der Waals surface area contributed by atoms with E-state index in [1.165, 1.54) is 17.2 Å². The van der Waals surface area contributed by atoms with E-state index in [0.29, 0.717) is 6.33 Å². The van der Waals surface area contributed by atoms with Crippen molar-refractivity contribution in [1.29, 1.82) is 0 Å². The van der Waals surface area contributed by atoms with E-state index in [1.807, 2.05) is 24.3 Å². The Hall–Kier alpha value is -1.89. The Morgan fingerprint density at radius 2 is 1.41 bits per heavy atom. The summed E-state index contributed by atoms with van der Waals surface area (Å²) in [4.78, 5) is 0. The Labute approximate surface area is 101 Å². The fourth-order valence-electron chi connectivity index (χ4n) is 1.79. The quantitative estimate of drug-likeness (QED) is 0.701. The van der Waals surface area contributed by atoms with Gasteiger partial charge in [-0.25, -0.2) is 4.39 Å². The van der Waals surface area contributed by atoms with Crippen molar-refractivity contribution in [3.05, 3.63) is 66.0 Å². The van der Waals surface area contributed by atoms with Gasteiger partial charge in [-0.3, -0.25) is 0 Å². The van der Waals surface area contributed by atoms with Crippen LogP contribution in [0.3, 0.4) is 0 Å². The molecule has 17 heavy (non-hydrogen) atoms. The molecule has 0 aromatic heterocycles. The van der Waals surface area contributed by atoms with Crippen molar-refractivity contribution in [3.8, 4) is 11.1 Å². The van der Waals surface area contributed by atoms with E-state index in [1.54, 1.807) is 0 Å². The summed E-state index contributed by atoms with van der Waals surface area (Å²) in [6.45, 7) is 2.15. The third kappa shape index (κ3) is 2.82. The van der Waals surface area contributed by atoms with Gasteiger partial charge in [0.15, 0.2) is 0 Å². The summed E-state index contributed by atoms with van der Waals surface area (Å²) in [6.07, 6.45) is 3.07. The van der Waals surface area contributed by atoms with Gasteiger partial charge in [-0.05, 0) is 34.8 Å². The van der Waals surface area contributed by atoms with Crippen LogP contribution in [0.1, 0.15) is 18.1 Å². The molecule has 2 aromatic rings. The van der Waals surface area contributed by atoms with Crippen molar-refractivity contribution >= 4 is 6.08 Å². The molecule has 0 aliphatic carbocycles. The molecule has 0 fully saturated rings. The van der Waals surface area contributed by atoms with Crippen molar-refractivity contribution in [2.75, 3.05) is 0 Å². The second-order valence-corrected chi connectivity index (χ2v) is 3.97. The van der Waals surface area contributed by atoms with Gasteiger partial charge < -0.3 is 0 Å². The molecular weight excluding hydrogens is 211 g/mol. The van der Waals surface area contributed by atoms with Crippen molar-refractivity contribution in [2.45, 2.75) is 13.3 Å². The van der Waals surface area contributed by atoms with Crippen LogP contribution in [-0.4, -0.2) is 0 Å². The highest BCUT2D eigenvalue weighted by Crippen LogP contribution is 2.20. The Kier molecular flexibility index (Phi) is 3.71. The zero-order valence-corrected chi connectivity index (χ0v) is 9.86. The summed E-state index contributed by atoms with van der Waals surface area (Å²) in [5.41, 5.74) is 4.56. The normalized spacial score (nSPS) is 10.9. The Morgan fingerprint density at radius 3 is 1.88 bits per heavy atom. The molecule has 0 radical (unpaired) electrons. The van der Waals surface area contributed by atoms with E-state index >= 15 is 0 Å². The number of benzene rings is 2. The summed E-state index contributed by atoms with van der Waals surface area (Å²) in [6, 6.07) is 16.4. The highest BCUT2D eigenvalue weighted by molar-refractivity contribution is 5.65. The van der Waals surface area contributed by atoms with Gasteiger partial charge in [-0.2, -0.15) is 0 Å². The van der Waals surface area contributed by atoms with E-state index in [9.17, 15) is 4.39 Å². The first-order chi connectivity index (χ1) is 8.33. The van der Waals surface area contributed by atoms with Gasteiger partial charge in [0.05, 0.1) is 6.33 Å². The highest BCUT2D eigenvalue weighted by atomic mass is 19.1. The summed E-state index contributed by atoms with van der Waals surface area (Å²) in [5, 5.41) is 0. The molecule has 0 amide bonds. The fourth-order valence-corrected chi connectivity index (χ4v) is 1.79. The van der Waals surface area contributed by atoms with Gasteiger partial charge >= 0.3 is 0 Å². The molecule has 0 unspecified atom stereocenters. The van der Waals surface area contributed by atoms with Gasteiger partial charge in [-0.1, -0.05) is 55.5 Å². The molecule has 0 bridgehead atoms. The first kappa shape index (κ1) is 11.6. The Balaban J connectivity index is 2.26. The van der Waals surface area contributed by atoms with Gasteiger partial charge in [0.2, 0.25) is 0 Å². The van der Waals surface area contributed by atoms with E-state index in [-0.39, 0.29) is 0 Å². The molecule has 2 rings (SSSR count). The minimum absolute atomic E-state index is 0.561. The van der Waals surface area contributed by atoms with Crippen molar-refractivity contribution in [2.24, 2.45) is 0 Å². The maximum absolute atomic E-state index is 12.0. The average Bonchev–Trinajstić information content (AvgIpc) is 2.40. The fraction of sp³-hybridized carbons (Fsp3) is 0.125. The smallest absolute Gasteiger partial charge is 0.0872 e. The molecule has 0 nitrogen and oxygen atoms in total. The maximum Gasteiger partial charge on any atom is 0.0872 e. The lowest BCUT2D eigenvalue weighted by molar-refractivity contribution is 0.727. The predicted molar refractivity (Wildman–Crippen MR) is 71.4 cm³/mol. The molecule has 0 aliphatic heterocycles. The zero-order valence-electron chi connectivity index (χ0n) is 9.86. The zero-order chi connectivity index (χ0) is 12.1. The molecule has 2 aromatic carbocycles. The number of halogens is 1. The van der Waals surface area contributed by atoms with Crippen LogP contribution < -0.4 is 0 Å². The molecule has 0 saturated heterocycles. The maximum atomic E-state index is 12.0. The van der Waals surface area contributed by atoms with Crippen molar-refractivity contribution in [3.63, 3.8) is 0 Å². The standard InChI is InChI=1S/C16H15F/c1-2-13-3-7-15(8-4-13)16-9-5-14(6-10-16)11-12-17/h3-12H,2H2,1H3/b12-11+. The van der Waals surface area contributed by atoms with Gasteiger partial charge in [0.1, 0.15) is 0 Å². The lowest BCUT2D eigenvalue weighted by atomic mass is 10.0. The molecule has 0 N–H and O–H groups in total. The van der Waals surface area contributed by atoms with E-state index < -0.39 is 0 Å². The lowest BCUT2D eigenvalue weighted by Crippen LogP contribution is -1.81. The summed E-state index contributed by atoms with van der Waals surface area (Å²) in [5.74, 6) is 0. The Bertz CT molecular complexity index is 492. The molecule has 0 aliphatic rings. The van der Waals surface area contributed by atoms with E-state index in [2.05, 4.69) is 31.2 Å². The number of hydrogen-bond acceptors (Lipinski definition) is 0. The minimum atomic E-state index is 0.561. The van der Waals surface area contributed by atoms with Crippen LogP contribution >= 0.6 is 0 Å². The summed E-state index contributed by atoms with van der Waals surface area (Å²) >= 11 is 0. The van der Waals surface area contributed by atoms with E-state index in [0.717, 1.165) is 17.5 Å². The van der Waals surface area contributed by atoms with Crippen LogP contribution in [0.25, 0.3) is 17.2 Å². The van der Waals surface area contributed by atoms with Crippen molar-refractivity contribution in [1.82, 2.24) is 0 Å². The number of aryl methyl sites for hydroxylation is 1. The lowest BCUT2D eigenvalue weighted by Gasteiger charge is -2.03. The molecule has 0 heterocycles. The second kappa shape index (κ2) is 5.44. The van der Waals surface area contributed by atoms with Crippen LogP contribution in [0.4, 0.5) is 4.39 Å². The summed E-state index contributed by atoms with van der Waals surface area (Å²) < 4.78 is 12.0. The van der Waals surface area contributed by atoms with Crippen LogP contribution in [0, 0.1) is 0 Å². The molecular formula is C16H15F. The summed E-state index contributed by atoms with van der Waals surface area (Å²) in [7, 11) is 0. The largest absolute Gasteiger partial charge is 0.216 e. The monoisotopic (exact) mass is 226 g/mol. The average molecular weight is 226 g/mol. The van der Waals surface area contributed by atoms with E-state index in [4.69, 9.17) is 0 Å². The molecule has 0 spiro atoms. The van der Waals surface area contributed by atoms with Crippen LogP contribution in [0.5, 0.6) is 0 Å².